The van der Waals surface area contributed by atoms with E-state index in [1.807, 2.05) is 68.5 Å². The quantitative estimate of drug-likeness (QED) is 0.362. The maximum Gasteiger partial charge on any atom is 0.238 e. The van der Waals surface area contributed by atoms with Crippen LogP contribution in [-0.4, -0.2) is 27.2 Å². The summed E-state index contributed by atoms with van der Waals surface area (Å²) >= 11 is 0. The van der Waals surface area contributed by atoms with Crippen LogP contribution in [0.2, 0.25) is 0 Å². The Hall–Kier alpha value is -3.38. The van der Waals surface area contributed by atoms with E-state index in [1.54, 1.807) is 42.3 Å². The highest BCUT2D eigenvalue weighted by Crippen LogP contribution is 2.47. The third kappa shape index (κ3) is 5.03. The van der Waals surface area contributed by atoms with Crippen molar-refractivity contribution in [2.24, 2.45) is 0 Å². The van der Waals surface area contributed by atoms with Gasteiger partial charge in [0.25, 0.3) is 0 Å². The van der Waals surface area contributed by atoms with Crippen molar-refractivity contribution in [1.82, 2.24) is 0 Å². The third-order valence-corrected chi connectivity index (χ3v) is 8.36. The predicted molar refractivity (Wildman–Crippen MR) is 139 cm³/mol. The minimum absolute atomic E-state index is 0.0599. The SMILES string of the molecule is COc1ccc(CN2C(=O)[C@@](CC=C(C)C)(CCS(=O)(=O)c3ccccc3)c3ccccc32)cc1. The number of ether oxygens (including phenoxy) is 1. The lowest BCUT2D eigenvalue weighted by Crippen LogP contribution is -2.41. The molecule has 182 valence electrons. The Morgan fingerprint density at radius 2 is 1.60 bits per heavy atom. The molecule has 0 saturated heterocycles. The first kappa shape index (κ1) is 24.7. The number of para-hydroxylation sites is 1. The monoisotopic (exact) mass is 489 g/mol. The number of carbonyl (C=O) groups excluding carboxylic acids is 1. The fourth-order valence-corrected chi connectivity index (χ4v) is 6.07. The largest absolute Gasteiger partial charge is 0.497 e. The summed E-state index contributed by atoms with van der Waals surface area (Å²) in [5.41, 5.74) is 2.85. The number of hydrogen-bond acceptors (Lipinski definition) is 4. The maximum absolute atomic E-state index is 14.2. The molecule has 0 fully saturated rings. The Bertz CT molecular complexity index is 1330. The lowest BCUT2D eigenvalue weighted by atomic mass is 9.76. The highest BCUT2D eigenvalue weighted by Gasteiger charge is 2.50. The van der Waals surface area contributed by atoms with Crippen molar-refractivity contribution < 1.29 is 17.9 Å². The molecule has 4 rings (SSSR count). The summed E-state index contributed by atoms with van der Waals surface area (Å²) in [5, 5.41) is 0. The van der Waals surface area contributed by atoms with Crippen LogP contribution in [0.15, 0.2) is 95.4 Å². The summed E-state index contributed by atoms with van der Waals surface area (Å²) in [6.07, 6.45) is 2.71. The number of sulfone groups is 1. The van der Waals surface area contributed by atoms with Crippen LogP contribution in [0, 0.1) is 0 Å². The molecule has 1 aliphatic heterocycles. The van der Waals surface area contributed by atoms with Gasteiger partial charge in [0.2, 0.25) is 5.91 Å². The second-order valence-corrected chi connectivity index (χ2v) is 11.3. The van der Waals surface area contributed by atoms with Crippen molar-refractivity contribution in [3.63, 3.8) is 0 Å². The van der Waals surface area contributed by atoms with Gasteiger partial charge in [-0.3, -0.25) is 4.79 Å². The van der Waals surface area contributed by atoms with Gasteiger partial charge in [-0.2, -0.15) is 0 Å². The molecule has 0 radical (unpaired) electrons. The van der Waals surface area contributed by atoms with Crippen LogP contribution >= 0.6 is 0 Å². The number of benzene rings is 3. The Morgan fingerprint density at radius 1 is 0.943 bits per heavy atom. The van der Waals surface area contributed by atoms with E-state index in [1.165, 1.54) is 0 Å². The first-order valence-corrected chi connectivity index (χ1v) is 13.4. The van der Waals surface area contributed by atoms with E-state index in [9.17, 15) is 13.2 Å². The normalized spacial score (nSPS) is 17.2. The number of rotatable bonds is 9. The smallest absolute Gasteiger partial charge is 0.238 e. The number of fused-ring (bicyclic) bond motifs is 1. The van der Waals surface area contributed by atoms with Gasteiger partial charge in [0, 0.05) is 5.69 Å². The number of methoxy groups -OCH3 is 1. The molecule has 0 unspecified atom stereocenters. The van der Waals surface area contributed by atoms with Gasteiger partial charge in [-0.1, -0.05) is 60.2 Å². The molecular weight excluding hydrogens is 458 g/mol. The van der Waals surface area contributed by atoms with Gasteiger partial charge in [0.1, 0.15) is 5.75 Å². The fourth-order valence-electron chi connectivity index (χ4n) is 4.64. The van der Waals surface area contributed by atoms with E-state index < -0.39 is 15.3 Å². The van der Waals surface area contributed by atoms with Crippen LogP contribution in [0.25, 0.3) is 0 Å². The topological polar surface area (TPSA) is 63.7 Å². The second-order valence-electron chi connectivity index (χ2n) is 9.21. The van der Waals surface area contributed by atoms with E-state index in [2.05, 4.69) is 0 Å². The van der Waals surface area contributed by atoms with Crippen molar-refractivity contribution in [2.75, 3.05) is 17.8 Å². The molecule has 6 heteroatoms. The first-order chi connectivity index (χ1) is 16.8. The number of allylic oxidation sites excluding steroid dienone is 2. The van der Waals surface area contributed by atoms with Gasteiger partial charge >= 0.3 is 0 Å². The molecule has 3 aromatic rings. The molecule has 0 saturated carbocycles. The van der Waals surface area contributed by atoms with Crippen molar-refractivity contribution in [3.05, 3.63) is 102 Å². The standard InChI is InChI=1S/C29H31NO4S/c1-22(2)17-18-29(19-20-35(32,33)25-9-5-4-6-10-25)26-11-7-8-12-27(26)30(28(29)31)21-23-13-15-24(34-3)16-14-23/h4-17H,18-21H2,1-3H3/t29-/m0/s1. The number of nitrogens with zero attached hydrogens (tertiary/aromatic N) is 1. The summed E-state index contributed by atoms with van der Waals surface area (Å²) in [6, 6.07) is 23.9. The summed E-state index contributed by atoms with van der Waals surface area (Å²) in [4.78, 5) is 16.2. The maximum atomic E-state index is 14.2. The van der Waals surface area contributed by atoms with Crippen LogP contribution in [0.5, 0.6) is 5.75 Å². The van der Waals surface area contributed by atoms with Crippen molar-refractivity contribution in [1.29, 1.82) is 0 Å². The Labute approximate surface area is 208 Å². The average Bonchev–Trinajstić information content (AvgIpc) is 3.10. The lowest BCUT2D eigenvalue weighted by Gasteiger charge is -2.28. The van der Waals surface area contributed by atoms with Crippen LogP contribution in [0.4, 0.5) is 5.69 Å². The number of anilines is 1. The highest BCUT2D eigenvalue weighted by molar-refractivity contribution is 7.91. The van der Waals surface area contributed by atoms with E-state index in [0.29, 0.717) is 13.0 Å². The summed E-state index contributed by atoms with van der Waals surface area (Å²) < 4.78 is 31.6. The molecule has 1 aliphatic rings. The van der Waals surface area contributed by atoms with Crippen LogP contribution in [0.1, 0.15) is 37.8 Å². The molecule has 0 spiro atoms. The predicted octanol–water partition coefficient (Wildman–Crippen LogP) is 5.70. The molecular formula is C29H31NO4S. The average molecular weight is 490 g/mol. The van der Waals surface area contributed by atoms with Gasteiger partial charge in [0.05, 0.1) is 29.7 Å². The minimum Gasteiger partial charge on any atom is -0.497 e. The zero-order chi connectivity index (χ0) is 25.1. The van der Waals surface area contributed by atoms with Gasteiger partial charge in [-0.15, -0.1) is 0 Å². The van der Waals surface area contributed by atoms with Crippen molar-refractivity contribution in [3.8, 4) is 5.75 Å². The van der Waals surface area contributed by atoms with Gasteiger partial charge < -0.3 is 9.64 Å². The van der Waals surface area contributed by atoms with Crippen molar-refractivity contribution in [2.45, 2.75) is 43.5 Å². The van der Waals surface area contributed by atoms with E-state index in [-0.39, 0.29) is 23.0 Å². The summed E-state index contributed by atoms with van der Waals surface area (Å²) in [6.45, 7) is 4.39. The highest BCUT2D eigenvalue weighted by atomic mass is 32.2. The molecule has 0 N–H and O–H groups in total. The molecule has 1 heterocycles. The number of amides is 1. The molecule has 0 aliphatic carbocycles. The van der Waals surface area contributed by atoms with Crippen LogP contribution in [-0.2, 0) is 26.6 Å². The second kappa shape index (κ2) is 10.1. The number of hydrogen-bond donors (Lipinski definition) is 0. The minimum atomic E-state index is -3.54. The van der Waals surface area contributed by atoms with Gasteiger partial charge in [-0.05, 0) is 68.1 Å². The van der Waals surface area contributed by atoms with Crippen LogP contribution in [0.3, 0.4) is 0 Å². The van der Waals surface area contributed by atoms with Gasteiger partial charge in [0.15, 0.2) is 9.84 Å². The number of carbonyl (C=O) groups is 1. The molecule has 3 aromatic carbocycles. The molecule has 0 aromatic heterocycles. The van der Waals surface area contributed by atoms with E-state index >= 15 is 0 Å². The van der Waals surface area contributed by atoms with Crippen LogP contribution < -0.4 is 9.64 Å². The summed E-state index contributed by atoms with van der Waals surface area (Å²) in [5.74, 6) is 0.588. The Kier molecular flexibility index (Phi) is 7.13. The summed E-state index contributed by atoms with van der Waals surface area (Å²) in [7, 11) is -1.92. The third-order valence-electron chi connectivity index (χ3n) is 6.62. The lowest BCUT2D eigenvalue weighted by molar-refractivity contribution is -0.123. The Morgan fingerprint density at radius 3 is 2.26 bits per heavy atom. The zero-order valence-corrected chi connectivity index (χ0v) is 21.2. The molecule has 1 atom stereocenters. The van der Waals surface area contributed by atoms with E-state index in [0.717, 1.165) is 28.1 Å². The Balaban J connectivity index is 1.72. The molecule has 5 nitrogen and oxygen atoms in total. The van der Waals surface area contributed by atoms with E-state index in [4.69, 9.17) is 4.74 Å². The fraction of sp³-hybridized carbons (Fsp3) is 0.276. The molecule has 1 amide bonds. The molecule has 0 bridgehead atoms. The zero-order valence-electron chi connectivity index (χ0n) is 20.4. The van der Waals surface area contributed by atoms with Crippen molar-refractivity contribution >= 4 is 21.4 Å². The van der Waals surface area contributed by atoms with Gasteiger partial charge in [-0.25, -0.2) is 8.42 Å². The molecule has 35 heavy (non-hydrogen) atoms. The first-order valence-electron chi connectivity index (χ1n) is 11.7.